The Labute approximate surface area is 114 Å². The molecule has 1 rings (SSSR count). The molecule has 106 valence electrons. The van der Waals surface area contributed by atoms with Gasteiger partial charge in [-0.25, -0.2) is 4.79 Å². The molecular formula is C14H22N2O3. The van der Waals surface area contributed by atoms with Crippen LogP contribution in [0.1, 0.15) is 36.3 Å². The van der Waals surface area contributed by atoms with Crippen molar-refractivity contribution in [2.24, 2.45) is 0 Å². The van der Waals surface area contributed by atoms with Gasteiger partial charge >= 0.3 is 5.97 Å². The molecular weight excluding hydrogens is 244 g/mol. The average Bonchev–Trinajstić information content (AvgIpc) is 2.42. The summed E-state index contributed by atoms with van der Waals surface area (Å²) < 4.78 is 10.1. The molecule has 0 amide bonds. The highest BCUT2D eigenvalue weighted by molar-refractivity contribution is 5.88. The summed E-state index contributed by atoms with van der Waals surface area (Å²) in [7, 11) is 1.35. The van der Waals surface area contributed by atoms with Crippen molar-refractivity contribution in [3.05, 3.63) is 29.6 Å². The van der Waals surface area contributed by atoms with Gasteiger partial charge in [0.1, 0.15) is 0 Å². The number of methoxy groups -OCH3 is 1. The lowest BCUT2D eigenvalue weighted by Gasteiger charge is -2.08. The standard InChI is InChI=1S/C14H22N2O3/c1-11(2)15-7-4-8-19-10-13-6-5-12(9-16-13)14(17)18-3/h5-6,9,11,15H,4,7-8,10H2,1-3H3. The minimum Gasteiger partial charge on any atom is -0.465 e. The van der Waals surface area contributed by atoms with Crippen LogP contribution in [0, 0.1) is 0 Å². The first-order chi connectivity index (χ1) is 9.13. The van der Waals surface area contributed by atoms with Crippen molar-refractivity contribution in [3.8, 4) is 0 Å². The summed E-state index contributed by atoms with van der Waals surface area (Å²) in [6, 6.07) is 3.98. The topological polar surface area (TPSA) is 60.5 Å². The molecule has 0 radical (unpaired) electrons. The van der Waals surface area contributed by atoms with E-state index in [0.717, 1.165) is 18.7 Å². The minimum absolute atomic E-state index is 0.375. The van der Waals surface area contributed by atoms with Crippen LogP contribution in [-0.4, -0.2) is 37.3 Å². The summed E-state index contributed by atoms with van der Waals surface area (Å²) in [5.74, 6) is -0.375. The van der Waals surface area contributed by atoms with Gasteiger partial charge in [0.25, 0.3) is 0 Å². The molecule has 0 aliphatic heterocycles. The second kappa shape index (κ2) is 8.61. The Hall–Kier alpha value is -1.46. The Balaban J connectivity index is 2.21. The van der Waals surface area contributed by atoms with Crippen molar-refractivity contribution in [2.45, 2.75) is 32.9 Å². The highest BCUT2D eigenvalue weighted by atomic mass is 16.5. The van der Waals surface area contributed by atoms with Gasteiger partial charge in [-0.3, -0.25) is 4.98 Å². The number of hydrogen-bond acceptors (Lipinski definition) is 5. The molecule has 0 bridgehead atoms. The SMILES string of the molecule is COC(=O)c1ccc(COCCCNC(C)C)nc1. The number of carbonyl (C=O) groups is 1. The zero-order valence-electron chi connectivity index (χ0n) is 11.8. The molecule has 0 saturated carbocycles. The maximum atomic E-state index is 11.2. The van der Waals surface area contributed by atoms with Gasteiger partial charge in [0.15, 0.2) is 0 Å². The smallest absolute Gasteiger partial charge is 0.339 e. The van der Waals surface area contributed by atoms with E-state index in [0.29, 0.717) is 24.8 Å². The Morgan fingerprint density at radius 1 is 1.42 bits per heavy atom. The number of esters is 1. The third-order valence-electron chi connectivity index (χ3n) is 2.51. The molecule has 1 heterocycles. The van der Waals surface area contributed by atoms with E-state index in [4.69, 9.17) is 4.74 Å². The Kier molecular flexibility index (Phi) is 7.07. The molecule has 19 heavy (non-hydrogen) atoms. The van der Waals surface area contributed by atoms with Gasteiger partial charge in [0.05, 0.1) is 25.0 Å². The predicted molar refractivity (Wildman–Crippen MR) is 73.0 cm³/mol. The van der Waals surface area contributed by atoms with E-state index in [9.17, 15) is 4.79 Å². The zero-order chi connectivity index (χ0) is 14.1. The van der Waals surface area contributed by atoms with Crippen LogP contribution >= 0.6 is 0 Å². The van der Waals surface area contributed by atoms with E-state index in [2.05, 4.69) is 28.9 Å². The largest absolute Gasteiger partial charge is 0.465 e. The van der Waals surface area contributed by atoms with Gasteiger partial charge in [-0.15, -0.1) is 0 Å². The second-order valence-corrected chi connectivity index (χ2v) is 4.54. The Bertz CT molecular complexity index is 377. The van der Waals surface area contributed by atoms with Crippen molar-refractivity contribution in [1.82, 2.24) is 10.3 Å². The number of hydrogen-bond donors (Lipinski definition) is 1. The molecule has 1 N–H and O–H groups in total. The lowest BCUT2D eigenvalue weighted by atomic mass is 10.2. The van der Waals surface area contributed by atoms with Crippen LogP contribution in [0.15, 0.2) is 18.3 Å². The molecule has 0 atom stereocenters. The quantitative estimate of drug-likeness (QED) is 0.574. The van der Waals surface area contributed by atoms with Crippen LogP contribution in [0.25, 0.3) is 0 Å². The van der Waals surface area contributed by atoms with Gasteiger partial charge in [-0.05, 0) is 25.1 Å². The fraction of sp³-hybridized carbons (Fsp3) is 0.571. The maximum absolute atomic E-state index is 11.2. The second-order valence-electron chi connectivity index (χ2n) is 4.54. The zero-order valence-corrected chi connectivity index (χ0v) is 11.8. The summed E-state index contributed by atoms with van der Waals surface area (Å²) in [6.45, 7) is 6.34. The molecule has 5 nitrogen and oxygen atoms in total. The molecule has 0 aliphatic carbocycles. The molecule has 0 spiro atoms. The fourth-order valence-corrected chi connectivity index (χ4v) is 1.49. The van der Waals surface area contributed by atoms with E-state index in [1.165, 1.54) is 13.3 Å². The van der Waals surface area contributed by atoms with Crippen molar-refractivity contribution in [3.63, 3.8) is 0 Å². The summed E-state index contributed by atoms with van der Waals surface area (Å²) in [5.41, 5.74) is 1.26. The number of aromatic nitrogens is 1. The lowest BCUT2D eigenvalue weighted by Crippen LogP contribution is -2.24. The van der Waals surface area contributed by atoms with Crippen molar-refractivity contribution < 1.29 is 14.3 Å². The number of pyridine rings is 1. The number of rotatable bonds is 8. The first-order valence-corrected chi connectivity index (χ1v) is 6.48. The molecule has 0 aliphatic rings. The van der Waals surface area contributed by atoms with Crippen LogP contribution in [0.3, 0.4) is 0 Å². The predicted octanol–water partition coefficient (Wildman–Crippen LogP) is 1.77. The lowest BCUT2D eigenvalue weighted by molar-refractivity contribution is 0.0600. The monoisotopic (exact) mass is 266 g/mol. The van der Waals surface area contributed by atoms with Gasteiger partial charge in [0, 0.05) is 18.8 Å². The van der Waals surface area contributed by atoms with Gasteiger partial charge in [0.2, 0.25) is 0 Å². The van der Waals surface area contributed by atoms with E-state index < -0.39 is 0 Å². The Morgan fingerprint density at radius 3 is 2.79 bits per heavy atom. The van der Waals surface area contributed by atoms with E-state index >= 15 is 0 Å². The van der Waals surface area contributed by atoms with Gasteiger partial charge < -0.3 is 14.8 Å². The van der Waals surface area contributed by atoms with Gasteiger partial charge in [-0.2, -0.15) is 0 Å². The number of nitrogens with zero attached hydrogens (tertiary/aromatic N) is 1. The first kappa shape index (κ1) is 15.6. The third-order valence-corrected chi connectivity index (χ3v) is 2.51. The van der Waals surface area contributed by atoms with Crippen molar-refractivity contribution in [1.29, 1.82) is 0 Å². The van der Waals surface area contributed by atoms with Crippen LogP contribution in [0.2, 0.25) is 0 Å². The third kappa shape index (κ3) is 6.31. The summed E-state index contributed by atoms with van der Waals surface area (Å²) >= 11 is 0. The number of ether oxygens (including phenoxy) is 2. The summed E-state index contributed by atoms with van der Waals surface area (Å²) in [4.78, 5) is 15.4. The number of nitrogens with one attached hydrogen (secondary N) is 1. The van der Waals surface area contributed by atoms with E-state index in [1.807, 2.05) is 0 Å². The Morgan fingerprint density at radius 2 is 2.21 bits per heavy atom. The summed E-state index contributed by atoms with van der Waals surface area (Å²) in [6.07, 6.45) is 2.48. The van der Waals surface area contributed by atoms with Crippen molar-refractivity contribution in [2.75, 3.05) is 20.3 Å². The van der Waals surface area contributed by atoms with E-state index in [1.54, 1.807) is 12.1 Å². The molecule has 0 unspecified atom stereocenters. The average molecular weight is 266 g/mol. The maximum Gasteiger partial charge on any atom is 0.339 e. The highest BCUT2D eigenvalue weighted by Gasteiger charge is 2.05. The first-order valence-electron chi connectivity index (χ1n) is 6.48. The van der Waals surface area contributed by atoms with Crippen LogP contribution < -0.4 is 5.32 Å². The molecule has 0 saturated heterocycles. The van der Waals surface area contributed by atoms with Crippen LogP contribution in [-0.2, 0) is 16.1 Å². The number of carbonyl (C=O) groups excluding carboxylic acids is 1. The molecule has 0 aromatic carbocycles. The van der Waals surface area contributed by atoms with Crippen LogP contribution in [0.5, 0.6) is 0 Å². The molecule has 1 aromatic heterocycles. The van der Waals surface area contributed by atoms with Gasteiger partial charge in [-0.1, -0.05) is 13.8 Å². The molecule has 5 heteroatoms. The highest BCUT2D eigenvalue weighted by Crippen LogP contribution is 2.03. The van der Waals surface area contributed by atoms with E-state index in [-0.39, 0.29) is 5.97 Å². The van der Waals surface area contributed by atoms with Crippen molar-refractivity contribution >= 4 is 5.97 Å². The summed E-state index contributed by atoms with van der Waals surface area (Å²) in [5, 5.41) is 3.32. The normalized spacial score (nSPS) is 10.7. The molecule has 0 fully saturated rings. The minimum atomic E-state index is -0.375. The fourth-order valence-electron chi connectivity index (χ4n) is 1.49. The molecule has 1 aromatic rings. The van der Waals surface area contributed by atoms with Crippen LogP contribution in [0.4, 0.5) is 0 Å².